The van der Waals surface area contributed by atoms with Crippen molar-refractivity contribution in [2.45, 2.75) is 313 Å². The van der Waals surface area contributed by atoms with Gasteiger partial charge in [-0.15, -0.1) is 19.7 Å². The van der Waals surface area contributed by atoms with Crippen molar-refractivity contribution in [3.63, 3.8) is 0 Å². The Bertz CT molecular complexity index is 995. The predicted octanol–water partition coefficient (Wildman–Crippen LogP) is 21.5. The molecule has 0 aliphatic heterocycles. The molecule has 0 saturated heterocycles. The number of hydrogen-bond donors (Lipinski definition) is 1. The third-order valence-electron chi connectivity index (χ3n) is 12.4. The number of allylic oxidation sites excluding steroid dienone is 10. The molecule has 1 unspecified atom stereocenters. The predicted molar refractivity (Wildman–Crippen MR) is 344 cm³/mol. The summed E-state index contributed by atoms with van der Waals surface area (Å²) < 4.78 is 0. The molecule has 0 saturated carbocycles. The van der Waals surface area contributed by atoms with E-state index < -0.39 is 0 Å². The Morgan fingerprint density at radius 1 is 0.534 bits per heavy atom. The van der Waals surface area contributed by atoms with Gasteiger partial charge in [0.1, 0.15) is 0 Å². The number of nitrogens with zero attached hydrogens (tertiary/aromatic N) is 1. The summed E-state index contributed by atoms with van der Waals surface area (Å²) >= 11 is 0. The Labute approximate surface area is 509 Å². The van der Waals surface area contributed by atoms with Gasteiger partial charge in [-0.05, 0) is 130 Å². The molecule has 0 radical (unpaired) electrons. The molecule has 0 heterocycles. The molecule has 1 atom stereocenters. The molecular formula is C70H140KN2-. The average molecular weight is 1050 g/mol. The quantitative estimate of drug-likeness (QED) is 0.0283. The summed E-state index contributed by atoms with van der Waals surface area (Å²) in [6.45, 7) is 42.9. The standard InChI is InChI=1S/C22H39.C19H34.C16H33.C7H18N2.2C2H6.C2H4.K/c1-4-6-8-9-10-11-12-13-14-15-16-17-19-21-22(3)20-18-7-5-2;1-3-5-7-9-11-13-15-17-19-18-16-14-12-10-8-6-4-2;1-4-6-7-8-9-10-11-12-13-14-15-16(3)5-2;1-4-9(3)7-5-6-8-2;3*1-2;/h7,10-11,13-14H,3-6,8-9,12,15-21H2,1-2H3;3,12,14,18-19H,1,4-11,13,15-17H2,2H3;16H,2,4-15H2,1,3H3;8H,4-7H2,1-3H3;2*1-2H3;1-2H2;/q-1;;-1;;;;;+1/b11-10-,14-13-;14-12-,19-18-;;;;;;. The fourth-order valence-electron chi connectivity index (χ4n) is 7.38. The van der Waals surface area contributed by atoms with Crippen LogP contribution in [-0.2, 0) is 0 Å². The van der Waals surface area contributed by atoms with E-state index in [1.54, 1.807) is 0 Å². The van der Waals surface area contributed by atoms with Crippen LogP contribution in [0.2, 0.25) is 0 Å². The maximum absolute atomic E-state index is 4.18. The minimum absolute atomic E-state index is 0. The van der Waals surface area contributed by atoms with Crippen molar-refractivity contribution >= 4 is 0 Å². The first-order valence-electron chi connectivity index (χ1n) is 31.7. The van der Waals surface area contributed by atoms with Gasteiger partial charge in [0, 0.05) is 0 Å². The zero-order valence-corrected chi connectivity index (χ0v) is 56.4. The third kappa shape index (κ3) is 108. The van der Waals surface area contributed by atoms with Crippen LogP contribution in [0.3, 0.4) is 0 Å². The first kappa shape index (κ1) is 89.3. The Morgan fingerprint density at radius 2 is 0.904 bits per heavy atom. The van der Waals surface area contributed by atoms with Crippen LogP contribution in [-0.4, -0.2) is 38.6 Å². The molecule has 2 nitrogen and oxygen atoms in total. The molecule has 73 heavy (non-hydrogen) atoms. The van der Waals surface area contributed by atoms with Crippen molar-refractivity contribution in [2.75, 3.05) is 33.7 Å². The second-order valence-corrected chi connectivity index (χ2v) is 19.3. The molecule has 1 N–H and O–H groups in total. The van der Waals surface area contributed by atoms with Gasteiger partial charge in [0.15, 0.2) is 0 Å². The minimum atomic E-state index is 0. The third-order valence-corrected chi connectivity index (χ3v) is 12.4. The summed E-state index contributed by atoms with van der Waals surface area (Å²) in [6, 6.07) is 0. The van der Waals surface area contributed by atoms with Crippen LogP contribution in [0.15, 0.2) is 86.6 Å². The largest absolute Gasteiger partial charge is 1.00 e. The molecule has 0 aromatic heterocycles. The molecule has 0 aliphatic rings. The topological polar surface area (TPSA) is 15.3 Å². The maximum Gasteiger partial charge on any atom is 1.00 e. The summed E-state index contributed by atoms with van der Waals surface area (Å²) in [5, 5.41) is 3.12. The number of hydrogen-bond acceptors (Lipinski definition) is 2. The minimum Gasteiger partial charge on any atom is -0.343 e. The Kier molecular flexibility index (Phi) is 119. The van der Waals surface area contributed by atoms with E-state index in [4.69, 9.17) is 0 Å². The van der Waals surface area contributed by atoms with Gasteiger partial charge in [0.25, 0.3) is 0 Å². The van der Waals surface area contributed by atoms with Crippen molar-refractivity contribution in [2.24, 2.45) is 5.92 Å². The van der Waals surface area contributed by atoms with Gasteiger partial charge in [-0.3, -0.25) is 0 Å². The normalized spacial score (nSPS) is 10.9. The van der Waals surface area contributed by atoms with E-state index in [0.717, 1.165) is 38.3 Å². The van der Waals surface area contributed by atoms with Crippen molar-refractivity contribution in [3.05, 3.63) is 99.9 Å². The number of nitrogens with one attached hydrogen (secondary N) is 1. The van der Waals surface area contributed by atoms with E-state index in [9.17, 15) is 0 Å². The van der Waals surface area contributed by atoms with Crippen molar-refractivity contribution in [3.8, 4) is 0 Å². The Balaban J connectivity index is -0.000000127. The van der Waals surface area contributed by atoms with E-state index in [0.29, 0.717) is 0 Å². The zero-order valence-electron chi connectivity index (χ0n) is 53.3. The number of unbranched alkanes of at least 4 members (excludes halogenated alkanes) is 26. The van der Waals surface area contributed by atoms with Crippen LogP contribution < -0.4 is 56.7 Å². The average Bonchev–Trinajstić information content (AvgIpc) is 3.41. The first-order valence-corrected chi connectivity index (χ1v) is 31.7. The summed E-state index contributed by atoms with van der Waals surface area (Å²) in [6.07, 6.45) is 73.3. The van der Waals surface area contributed by atoms with Gasteiger partial charge < -0.3 is 23.6 Å². The summed E-state index contributed by atoms with van der Waals surface area (Å²) in [7, 11) is 4.14. The molecule has 432 valence electrons. The first-order chi connectivity index (χ1) is 35.3. The van der Waals surface area contributed by atoms with Gasteiger partial charge in [-0.2, -0.15) is 19.3 Å². The summed E-state index contributed by atoms with van der Waals surface area (Å²) in [4.78, 5) is 2.32. The van der Waals surface area contributed by atoms with Crippen LogP contribution in [0, 0.1) is 19.3 Å². The second-order valence-electron chi connectivity index (χ2n) is 19.3. The van der Waals surface area contributed by atoms with Crippen LogP contribution in [0.1, 0.15) is 313 Å². The summed E-state index contributed by atoms with van der Waals surface area (Å²) in [5.41, 5.74) is 1.44. The fraction of sp³-hybridized carbons (Fsp3) is 0.771. The molecule has 0 aromatic rings. The van der Waals surface area contributed by atoms with Gasteiger partial charge >= 0.3 is 51.4 Å². The monoisotopic (exact) mass is 1050 g/mol. The van der Waals surface area contributed by atoms with Crippen LogP contribution >= 0.6 is 0 Å². The second kappa shape index (κ2) is 97.3. The van der Waals surface area contributed by atoms with Crippen molar-refractivity contribution in [1.29, 1.82) is 0 Å². The smallest absolute Gasteiger partial charge is 0.343 e. The van der Waals surface area contributed by atoms with Gasteiger partial charge in [-0.25, -0.2) is 0 Å². The maximum atomic E-state index is 4.18. The van der Waals surface area contributed by atoms with Crippen LogP contribution in [0.25, 0.3) is 0 Å². The van der Waals surface area contributed by atoms with E-state index in [-0.39, 0.29) is 51.4 Å². The van der Waals surface area contributed by atoms with E-state index in [1.165, 1.54) is 237 Å². The van der Waals surface area contributed by atoms with E-state index in [2.05, 4.69) is 147 Å². The molecule has 0 spiro atoms. The fourth-order valence-corrected chi connectivity index (χ4v) is 7.38. The molecule has 0 aromatic carbocycles. The molecule has 0 amide bonds. The molecule has 0 rings (SSSR count). The zero-order chi connectivity index (χ0) is 55.5. The summed E-state index contributed by atoms with van der Waals surface area (Å²) in [5.74, 6) is 0.842. The van der Waals surface area contributed by atoms with Crippen LogP contribution in [0.5, 0.6) is 0 Å². The molecule has 0 bridgehead atoms. The molecular weight excluding hydrogens is 908 g/mol. The van der Waals surface area contributed by atoms with Crippen molar-refractivity contribution < 1.29 is 51.4 Å². The van der Waals surface area contributed by atoms with Gasteiger partial charge in [0.05, 0.1) is 0 Å². The molecule has 0 aliphatic carbocycles. The molecule has 3 heteroatoms. The Morgan fingerprint density at radius 3 is 1.29 bits per heavy atom. The van der Waals surface area contributed by atoms with E-state index in [1.807, 2.05) is 40.8 Å². The van der Waals surface area contributed by atoms with Gasteiger partial charge in [0.2, 0.25) is 0 Å². The van der Waals surface area contributed by atoms with Gasteiger partial charge in [-0.1, -0.05) is 270 Å². The van der Waals surface area contributed by atoms with E-state index >= 15 is 0 Å². The number of rotatable bonds is 47. The van der Waals surface area contributed by atoms with Crippen molar-refractivity contribution in [1.82, 2.24) is 10.2 Å². The Hall–Kier alpha value is -0.264. The SMILES string of the molecule is C=C.C=C(CC[CH-]CC)CCCCC/C=C\C/C=C\CCCCC.C=CCCCCCCC/C=C\C/C=C\CCCCC.CC.CC.CCN(C)CCCNC.[CH2-]CC(C)CCCCCCCCCCCC.[K+]. The van der Waals surface area contributed by atoms with Crippen LogP contribution in [0.4, 0.5) is 0 Å². The molecule has 0 fully saturated rings.